The van der Waals surface area contributed by atoms with Crippen molar-refractivity contribution in [1.29, 1.82) is 0 Å². The molecule has 3 rings (SSSR count). The van der Waals surface area contributed by atoms with Gasteiger partial charge in [0.15, 0.2) is 0 Å². The van der Waals surface area contributed by atoms with E-state index in [0.717, 1.165) is 24.0 Å². The summed E-state index contributed by atoms with van der Waals surface area (Å²) in [7, 11) is 0. The fourth-order valence-electron chi connectivity index (χ4n) is 1.84. The maximum absolute atomic E-state index is 6.02. The Hall–Kier alpha value is -1.75. The van der Waals surface area contributed by atoms with Gasteiger partial charge in [0.2, 0.25) is 11.7 Å². The van der Waals surface area contributed by atoms with Crippen molar-refractivity contribution in [2.45, 2.75) is 25.8 Å². The first-order valence-corrected chi connectivity index (χ1v) is 5.76. The van der Waals surface area contributed by atoms with Crippen LogP contribution in [0.4, 0.5) is 0 Å². The minimum Gasteiger partial charge on any atom is -0.337 e. The lowest BCUT2D eigenvalue weighted by Crippen LogP contribution is -2.12. The quantitative estimate of drug-likeness (QED) is 0.870. The summed E-state index contributed by atoms with van der Waals surface area (Å²) < 4.78 is 5.22. The molecule has 2 aromatic rings. The molecule has 1 saturated carbocycles. The second-order valence-corrected chi connectivity index (χ2v) is 4.51. The van der Waals surface area contributed by atoms with E-state index in [1.807, 2.05) is 13.0 Å². The smallest absolute Gasteiger partial charge is 0.244 e. The molecule has 88 valence electrons. The molecular formula is C12H14N4O. The number of nitrogens with two attached hydrogens (primary N) is 1. The molecule has 0 bridgehead atoms. The number of hydrogen-bond donors (Lipinski definition) is 1. The Bertz CT molecular complexity index is 533. The average molecular weight is 230 g/mol. The normalized spacial score (nSPS) is 17.1. The van der Waals surface area contributed by atoms with Gasteiger partial charge in [-0.2, -0.15) is 4.98 Å². The largest absolute Gasteiger partial charge is 0.337 e. The van der Waals surface area contributed by atoms with E-state index < -0.39 is 0 Å². The van der Waals surface area contributed by atoms with E-state index in [1.165, 1.54) is 0 Å². The molecule has 2 aromatic heterocycles. The van der Waals surface area contributed by atoms with E-state index in [9.17, 15) is 0 Å². The zero-order valence-corrected chi connectivity index (χ0v) is 9.63. The average Bonchev–Trinajstić information content (AvgIpc) is 3.07. The van der Waals surface area contributed by atoms with Crippen molar-refractivity contribution in [3.63, 3.8) is 0 Å². The Morgan fingerprint density at radius 3 is 3.00 bits per heavy atom. The van der Waals surface area contributed by atoms with Crippen LogP contribution in [0.1, 0.15) is 30.3 Å². The molecule has 0 spiro atoms. The van der Waals surface area contributed by atoms with Gasteiger partial charge in [0, 0.05) is 18.0 Å². The maximum atomic E-state index is 6.02. The van der Waals surface area contributed by atoms with Gasteiger partial charge in [-0.25, -0.2) is 0 Å². The lowest BCUT2D eigenvalue weighted by molar-refractivity contribution is 0.343. The predicted octanol–water partition coefficient (Wildman–Crippen LogP) is 1.85. The highest BCUT2D eigenvalue weighted by Crippen LogP contribution is 2.39. The number of pyridine rings is 1. The topological polar surface area (TPSA) is 77.8 Å². The highest BCUT2D eigenvalue weighted by molar-refractivity contribution is 5.57. The van der Waals surface area contributed by atoms with Crippen LogP contribution in [-0.2, 0) is 0 Å². The Kier molecular flexibility index (Phi) is 2.40. The van der Waals surface area contributed by atoms with Crippen molar-refractivity contribution in [2.24, 2.45) is 11.7 Å². The van der Waals surface area contributed by atoms with Gasteiger partial charge in [-0.15, -0.1) is 0 Å². The highest BCUT2D eigenvalue weighted by atomic mass is 16.5. The maximum Gasteiger partial charge on any atom is 0.244 e. The molecule has 5 heteroatoms. The standard InChI is InChI=1S/C12H14N4O/c1-7-4-5-14-6-9(7)11-15-12(17-16-11)10(13)8-2-3-8/h4-6,8,10H,2-3,13H2,1H3. The van der Waals surface area contributed by atoms with E-state index in [4.69, 9.17) is 10.3 Å². The first-order valence-electron chi connectivity index (χ1n) is 5.76. The second kappa shape index (κ2) is 3.92. The molecule has 2 N–H and O–H groups in total. The van der Waals surface area contributed by atoms with Crippen LogP contribution < -0.4 is 5.73 Å². The van der Waals surface area contributed by atoms with Gasteiger partial charge in [-0.1, -0.05) is 5.16 Å². The third kappa shape index (κ3) is 1.93. The summed E-state index contributed by atoms with van der Waals surface area (Å²) in [5.41, 5.74) is 7.99. The summed E-state index contributed by atoms with van der Waals surface area (Å²) in [6.07, 6.45) is 5.80. The third-order valence-electron chi connectivity index (χ3n) is 3.14. The molecule has 0 aromatic carbocycles. The molecule has 2 heterocycles. The van der Waals surface area contributed by atoms with Gasteiger partial charge >= 0.3 is 0 Å². The number of nitrogens with zero attached hydrogens (tertiary/aromatic N) is 3. The molecule has 0 radical (unpaired) electrons. The SMILES string of the molecule is Cc1ccncc1-c1noc(C(N)C2CC2)n1. The first-order chi connectivity index (χ1) is 8.25. The van der Waals surface area contributed by atoms with Gasteiger partial charge < -0.3 is 10.3 Å². The first kappa shape index (κ1) is 10.4. The monoisotopic (exact) mass is 230 g/mol. The summed E-state index contributed by atoms with van der Waals surface area (Å²) in [6, 6.07) is 1.81. The summed E-state index contributed by atoms with van der Waals surface area (Å²) in [5, 5.41) is 3.97. The molecule has 17 heavy (non-hydrogen) atoms. The zero-order chi connectivity index (χ0) is 11.8. The van der Waals surface area contributed by atoms with Crippen LogP contribution in [0.5, 0.6) is 0 Å². The fraction of sp³-hybridized carbons (Fsp3) is 0.417. The molecule has 1 atom stereocenters. The summed E-state index contributed by atoms with van der Waals surface area (Å²) >= 11 is 0. The van der Waals surface area contributed by atoms with Crippen molar-refractivity contribution in [2.75, 3.05) is 0 Å². The number of aromatic nitrogens is 3. The highest BCUT2D eigenvalue weighted by Gasteiger charge is 2.33. The van der Waals surface area contributed by atoms with Gasteiger partial charge in [0.1, 0.15) is 0 Å². The molecule has 1 aliphatic carbocycles. The van der Waals surface area contributed by atoms with Crippen LogP contribution in [0.2, 0.25) is 0 Å². The van der Waals surface area contributed by atoms with E-state index in [1.54, 1.807) is 12.4 Å². The van der Waals surface area contributed by atoms with Gasteiger partial charge in [0.25, 0.3) is 0 Å². The molecule has 0 aliphatic heterocycles. The molecule has 0 amide bonds. The molecule has 1 aliphatic rings. The number of rotatable bonds is 3. The predicted molar refractivity (Wildman–Crippen MR) is 61.9 cm³/mol. The van der Waals surface area contributed by atoms with Crippen molar-refractivity contribution in [1.82, 2.24) is 15.1 Å². The molecule has 0 saturated heterocycles. The van der Waals surface area contributed by atoms with Gasteiger partial charge in [-0.3, -0.25) is 4.98 Å². The van der Waals surface area contributed by atoms with Gasteiger partial charge in [0.05, 0.1) is 6.04 Å². The van der Waals surface area contributed by atoms with Gasteiger partial charge in [-0.05, 0) is 37.3 Å². The fourth-order valence-corrected chi connectivity index (χ4v) is 1.84. The molecule has 5 nitrogen and oxygen atoms in total. The van der Waals surface area contributed by atoms with Crippen molar-refractivity contribution < 1.29 is 4.52 Å². The molecule has 1 unspecified atom stereocenters. The Balaban J connectivity index is 1.92. The Morgan fingerprint density at radius 2 is 2.29 bits per heavy atom. The summed E-state index contributed by atoms with van der Waals surface area (Å²) in [6.45, 7) is 1.99. The second-order valence-electron chi connectivity index (χ2n) is 4.51. The third-order valence-corrected chi connectivity index (χ3v) is 3.14. The van der Waals surface area contributed by atoms with E-state index >= 15 is 0 Å². The summed E-state index contributed by atoms with van der Waals surface area (Å²) in [5.74, 6) is 1.62. The Labute approximate surface area is 99.1 Å². The number of hydrogen-bond acceptors (Lipinski definition) is 5. The summed E-state index contributed by atoms with van der Waals surface area (Å²) in [4.78, 5) is 8.43. The number of aryl methyl sites for hydroxylation is 1. The zero-order valence-electron chi connectivity index (χ0n) is 9.63. The van der Waals surface area contributed by atoms with Crippen LogP contribution in [0.25, 0.3) is 11.4 Å². The van der Waals surface area contributed by atoms with Crippen molar-refractivity contribution >= 4 is 0 Å². The van der Waals surface area contributed by atoms with E-state index in [0.29, 0.717) is 17.6 Å². The van der Waals surface area contributed by atoms with Crippen LogP contribution in [0, 0.1) is 12.8 Å². The Morgan fingerprint density at radius 1 is 1.47 bits per heavy atom. The van der Waals surface area contributed by atoms with Crippen LogP contribution in [0.15, 0.2) is 23.0 Å². The minimum atomic E-state index is -0.117. The lowest BCUT2D eigenvalue weighted by Gasteiger charge is -2.01. The van der Waals surface area contributed by atoms with Crippen LogP contribution in [0.3, 0.4) is 0 Å². The van der Waals surface area contributed by atoms with Crippen LogP contribution in [-0.4, -0.2) is 15.1 Å². The van der Waals surface area contributed by atoms with E-state index in [-0.39, 0.29) is 6.04 Å². The van der Waals surface area contributed by atoms with Crippen molar-refractivity contribution in [3.8, 4) is 11.4 Å². The lowest BCUT2D eigenvalue weighted by atomic mass is 10.1. The van der Waals surface area contributed by atoms with Crippen molar-refractivity contribution in [3.05, 3.63) is 29.9 Å². The van der Waals surface area contributed by atoms with E-state index in [2.05, 4.69) is 15.1 Å². The van der Waals surface area contributed by atoms with Crippen LogP contribution >= 0.6 is 0 Å². The minimum absolute atomic E-state index is 0.117. The molecule has 1 fully saturated rings. The molecular weight excluding hydrogens is 216 g/mol.